The molecule has 2 aromatic carbocycles. The van der Waals surface area contributed by atoms with Gasteiger partial charge in [-0.2, -0.15) is 0 Å². The van der Waals surface area contributed by atoms with Gasteiger partial charge in [-0.3, -0.25) is 4.79 Å². The molecule has 0 bridgehead atoms. The third-order valence-electron chi connectivity index (χ3n) is 3.89. The van der Waals surface area contributed by atoms with Gasteiger partial charge in [0.25, 0.3) is 0 Å². The summed E-state index contributed by atoms with van der Waals surface area (Å²) in [7, 11) is 1.97. The molecule has 112 valence electrons. The molecule has 4 heteroatoms. The first-order valence-electron chi connectivity index (χ1n) is 7.34. The van der Waals surface area contributed by atoms with Crippen LogP contribution in [0.4, 0.5) is 0 Å². The lowest BCUT2D eigenvalue weighted by Crippen LogP contribution is -2.24. The van der Waals surface area contributed by atoms with Crippen LogP contribution in [0.15, 0.2) is 48.8 Å². The Labute approximate surface area is 129 Å². The normalized spacial score (nSPS) is 10.8. The van der Waals surface area contributed by atoms with Crippen LogP contribution >= 0.6 is 0 Å². The second-order valence-electron chi connectivity index (χ2n) is 5.56. The van der Waals surface area contributed by atoms with Gasteiger partial charge in [0.15, 0.2) is 0 Å². The highest BCUT2D eigenvalue weighted by Gasteiger charge is 2.06. The van der Waals surface area contributed by atoms with E-state index in [1.54, 1.807) is 6.33 Å². The number of benzene rings is 2. The van der Waals surface area contributed by atoms with E-state index in [0.717, 1.165) is 27.7 Å². The third-order valence-corrected chi connectivity index (χ3v) is 3.89. The molecule has 3 rings (SSSR count). The van der Waals surface area contributed by atoms with Gasteiger partial charge in [-0.25, -0.2) is 4.98 Å². The second kappa shape index (κ2) is 6.02. The molecule has 0 unspecified atom stereocenters. The molecule has 0 aliphatic rings. The first-order valence-corrected chi connectivity index (χ1v) is 7.34. The van der Waals surface area contributed by atoms with E-state index < -0.39 is 0 Å². The van der Waals surface area contributed by atoms with Crippen LogP contribution in [0.5, 0.6) is 0 Å². The molecule has 1 amide bonds. The standard InChI is InChI=1S/C18H19N3O/c1-13-5-3-4-6-15(13)10-18(22)19-11-14-7-8-17-16(9-14)20-12-21(17)2/h3-9,12H,10-11H2,1-2H3,(H,19,22). The Bertz CT molecular complexity index is 820. The fourth-order valence-electron chi connectivity index (χ4n) is 2.54. The summed E-state index contributed by atoms with van der Waals surface area (Å²) in [5.41, 5.74) is 5.32. The van der Waals surface area contributed by atoms with E-state index in [-0.39, 0.29) is 5.91 Å². The highest BCUT2D eigenvalue weighted by molar-refractivity contribution is 5.79. The van der Waals surface area contributed by atoms with Crippen LogP contribution in [0.3, 0.4) is 0 Å². The smallest absolute Gasteiger partial charge is 0.224 e. The van der Waals surface area contributed by atoms with Crippen molar-refractivity contribution in [3.05, 3.63) is 65.5 Å². The monoisotopic (exact) mass is 293 g/mol. The predicted octanol–water partition coefficient (Wildman–Crippen LogP) is 2.74. The van der Waals surface area contributed by atoms with Crippen LogP contribution in [-0.2, 0) is 24.8 Å². The van der Waals surface area contributed by atoms with Crippen molar-refractivity contribution in [1.82, 2.24) is 14.9 Å². The van der Waals surface area contributed by atoms with Crippen molar-refractivity contribution in [3.63, 3.8) is 0 Å². The van der Waals surface area contributed by atoms with E-state index >= 15 is 0 Å². The number of aromatic nitrogens is 2. The number of nitrogens with one attached hydrogen (secondary N) is 1. The number of rotatable bonds is 4. The van der Waals surface area contributed by atoms with Gasteiger partial charge in [-0.05, 0) is 35.7 Å². The molecule has 0 radical (unpaired) electrons. The van der Waals surface area contributed by atoms with Crippen LogP contribution in [0.2, 0.25) is 0 Å². The van der Waals surface area contributed by atoms with E-state index in [1.165, 1.54) is 0 Å². The highest BCUT2D eigenvalue weighted by atomic mass is 16.1. The van der Waals surface area contributed by atoms with Crippen LogP contribution in [0.25, 0.3) is 11.0 Å². The van der Waals surface area contributed by atoms with Crippen LogP contribution in [0, 0.1) is 6.92 Å². The van der Waals surface area contributed by atoms with Crippen molar-refractivity contribution in [1.29, 1.82) is 0 Å². The van der Waals surface area contributed by atoms with Crippen molar-refractivity contribution in [2.45, 2.75) is 19.9 Å². The zero-order valence-corrected chi connectivity index (χ0v) is 12.8. The number of hydrogen-bond acceptors (Lipinski definition) is 2. The van der Waals surface area contributed by atoms with Gasteiger partial charge >= 0.3 is 0 Å². The number of amides is 1. The minimum atomic E-state index is 0.0374. The highest BCUT2D eigenvalue weighted by Crippen LogP contribution is 2.14. The number of aryl methyl sites for hydroxylation is 2. The van der Waals surface area contributed by atoms with Gasteiger partial charge in [0, 0.05) is 13.6 Å². The summed E-state index contributed by atoms with van der Waals surface area (Å²) < 4.78 is 1.98. The van der Waals surface area contributed by atoms with Crippen molar-refractivity contribution in [2.24, 2.45) is 7.05 Å². The zero-order chi connectivity index (χ0) is 15.5. The summed E-state index contributed by atoms with van der Waals surface area (Å²) in [5, 5.41) is 2.97. The second-order valence-corrected chi connectivity index (χ2v) is 5.56. The maximum atomic E-state index is 12.1. The summed E-state index contributed by atoms with van der Waals surface area (Å²) in [6, 6.07) is 14.0. The largest absolute Gasteiger partial charge is 0.352 e. The van der Waals surface area contributed by atoms with Gasteiger partial charge in [0.1, 0.15) is 0 Å². The molecule has 3 aromatic rings. The quantitative estimate of drug-likeness (QED) is 0.804. The van der Waals surface area contributed by atoms with Gasteiger partial charge < -0.3 is 9.88 Å². The van der Waals surface area contributed by atoms with Crippen LogP contribution < -0.4 is 5.32 Å². The molecule has 1 N–H and O–H groups in total. The SMILES string of the molecule is Cc1ccccc1CC(=O)NCc1ccc2c(c1)ncn2C. The molecule has 4 nitrogen and oxygen atoms in total. The van der Waals surface area contributed by atoms with Crippen molar-refractivity contribution < 1.29 is 4.79 Å². The Morgan fingerprint density at radius 2 is 2.05 bits per heavy atom. The molecule has 1 aromatic heterocycles. The van der Waals surface area contributed by atoms with Crippen molar-refractivity contribution in [3.8, 4) is 0 Å². The third kappa shape index (κ3) is 3.01. The molecule has 0 aliphatic carbocycles. The van der Waals surface area contributed by atoms with E-state index in [0.29, 0.717) is 13.0 Å². The fraction of sp³-hybridized carbons (Fsp3) is 0.222. The molecular formula is C18H19N3O. The number of hydrogen-bond donors (Lipinski definition) is 1. The van der Waals surface area contributed by atoms with Crippen LogP contribution in [-0.4, -0.2) is 15.5 Å². The van der Waals surface area contributed by atoms with Gasteiger partial charge in [0.05, 0.1) is 23.8 Å². The first-order chi connectivity index (χ1) is 10.6. The first kappa shape index (κ1) is 14.3. The number of imidazole rings is 1. The van der Waals surface area contributed by atoms with E-state index in [1.807, 2.05) is 61.0 Å². The Balaban J connectivity index is 1.63. The van der Waals surface area contributed by atoms with E-state index in [9.17, 15) is 4.79 Å². The molecule has 0 atom stereocenters. The lowest BCUT2D eigenvalue weighted by molar-refractivity contribution is -0.120. The molecule has 0 fully saturated rings. The lowest BCUT2D eigenvalue weighted by Gasteiger charge is -2.07. The molecular weight excluding hydrogens is 274 g/mol. The molecule has 22 heavy (non-hydrogen) atoms. The molecule has 0 saturated carbocycles. The average molecular weight is 293 g/mol. The van der Waals surface area contributed by atoms with Gasteiger partial charge in [-0.1, -0.05) is 30.3 Å². The van der Waals surface area contributed by atoms with E-state index in [2.05, 4.69) is 10.3 Å². The Kier molecular flexibility index (Phi) is 3.92. The number of carbonyl (C=O) groups excluding carboxylic acids is 1. The molecule has 0 aliphatic heterocycles. The summed E-state index contributed by atoms with van der Waals surface area (Å²) in [6.07, 6.45) is 2.21. The van der Waals surface area contributed by atoms with Gasteiger partial charge in [0.2, 0.25) is 5.91 Å². The summed E-state index contributed by atoms with van der Waals surface area (Å²) in [6.45, 7) is 2.55. The Morgan fingerprint density at radius 1 is 1.23 bits per heavy atom. The lowest BCUT2D eigenvalue weighted by atomic mass is 10.1. The number of carbonyl (C=O) groups is 1. The molecule has 0 saturated heterocycles. The van der Waals surface area contributed by atoms with Crippen molar-refractivity contribution >= 4 is 16.9 Å². The Morgan fingerprint density at radius 3 is 2.86 bits per heavy atom. The average Bonchev–Trinajstić information content (AvgIpc) is 2.88. The molecule has 0 spiro atoms. The number of nitrogens with zero attached hydrogens (tertiary/aromatic N) is 2. The van der Waals surface area contributed by atoms with Crippen LogP contribution in [0.1, 0.15) is 16.7 Å². The number of fused-ring (bicyclic) bond motifs is 1. The predicted molar refractivity (Wildman–Crippen MR) is 87.4 cm³/mol. The minimum Gasteiger partial charge on any atom is -0.352 e. The summed E-state index contributed by atoms with van der Waals surface area (Å²) >= 11 is 0. The minimum absolute atomic E-state index is 0.0374. The maximum absolute atomic E-state index is 12.1. The molecule has 1 heterocycles. The zero-order valence-electron chi connectivity index (χ0n) is 12.8. The summed E-state index contributed by atoms with van der Waals surface area (Å²) in [4.78, 5) is 16.4. The summed E-state index contributed by atoms with van der Waals surface area (Å²) in [5.74, 6) is 0.0374. The Hall–Kier alpha value is -2.62. The van der Waals surface area contributed by atoms with Crippen molar-refractivity contribution in [2.75, 3.05) is 0 Å². The van der Waals surface area contributed by atoms with Gasteiger partial charge in [-0.15, -0.1) is 0 Å². The fourth-order valence-corrected chi connectivity index (χ4v) is 2.54. The van der Waals surface area contributed by atoms with E-state index in [4.69, 9.17) is 0 Å². The maximum Gasteiger partial charge on any atom is 0.224 e. The topological polar surface area (TPSA) is 46.9 Å².